The van der Waals surface area contributed by atoms with E-state index in [0.29, 0.717) is 11.3 Å². The summed E-state index contributed by atoms with van der Waals surface area (Å²) in [6.07, 6.45) is 5.03. The molecule has 1 aromatic heterocycles. The molecule has 0 spiro atoms. The van der Waals surface area contributed by atoms with Gasteiger partial charge in [0.2, 0.25) is 0 Å². The topological polar surface area (TPSA) is 73.2 Å². The first kappa shape index (κ1) is 15.1. The summed E-state index contributed by atoms with van der Waals surface area (Å²) in [4.78, 5) is 24.3. The van der Waals surface area contributed by atoms with E-state index in [4.69, 9.17) is 0 Å². The molecule has 0 aliphatic heterocycles. The number of carbonyl (C=O) groups is 2. The Bertz CT molecular complexity index is 637. The average molecular weight is 305 g/mol. The molecule has 1 heterocycles. The summed E-state index contributed by atoms with van der Waals surface area (Å²) in [5.74, 6) is -0.621. The van der Waals surface area contributed by atoms with Crippen LogP contribution >= 0.6 is 11.8 Å². The van der Waals surface area contributed by atoms with Crippen molar-refractivity contribution in [3.8, 4) is 0 Å². The van der Waals surface area contributed by atoms with E-state index in [0.717, 1.165) is 4.90 Å². The molecule has 2 aromatic rings. The van der Waals surface area contributed by atoms with E-state index in [2.05, 4.69) is 15.2 Å². The highest BCUT2D eigenvalue weighted by Gasteiger charge is 2.09. The third-order valence-electron chi connectivity index (χ3n) is 2.76. The lowest BCUT2D eigenvalue weighted by atomic mass is 10.2. The van der Waals surface area contributed by atoms with E-state index in [1.807, 2.05) is 18.4 Å². The Kier molecular flexibility index (Phi) is 4.99. The number of carbonyl (C=O) groups excluding carboxylic acids is 2. The predicted octanol–water partition coefficient (Wildman–Crippen LogP) is 2.03. The fraction of sp³-hybridized carbons (Fsp3) is 0.214. The van der Waals surface area contributed by atoms with Crippen LogP contribution in [-0.2, 0) is 16.1 Å². The van der Waals surface area contributed by atoms with Gasteiger partial charge < -0.3 is 10.1 Å². The summed E-state index contributed by atoms with van der Waals surface area (Å²) < 4.78 is 5.95. The fourth-order valence-electron chi connectivity index (χ4n) is 1.66. The third kappa shape index (κ3) is 4.09. The van der Waals surface area contributed by atoms with Crippen molar-refractivity contribution in [1.29, 1.82) is 0 Å². The molecule has 21 heavy (non-hydrogen) atoms. The summed E-state index contributed by atoms with van der Waals surface area (Å²) in [5, 5.41) is 6.70. The van der Waals surface area contributed by atoms with Crippen molar-refractivity contribution in [3.63, 3.8) is 0 Å². The van der Waals surface area contributed by atoms with E-state index in [9.17, 15) is 9.59 Å². The van der Waals surface area contributed by atoms with Gasteiger partial charge in [-0.15, -0.1) is 11.8 Å². The van der Waals surface area contributed by atoms with Crippen molar-refractivity contribution in [2.24, 2.45) is 0 Å². The van der Waals surface area contributed by atoms with Crippen LogP contribution in [0.5, 0.6) is 0 Å². The van der Waals surface area contributed by atoms with Gasteiger partial charge in [0.15, 0.2) is 0 Å². The van der Waals surface area contributed by atoms with Crippen LogP contribution in [0.1, 0.15) is 10.4 Å². The van der Waals surface area contributed by atoms with Crippen LogP contribution in [0, 0.1) is 0 Å². The molecule has 0 saturated heterocycles. The largest absolute Gasteiger partial charge is 0.468 e. The van der Waals surface area contributed by atoms with Crippen LogP contribution in [0.3, 0.4) is 0 Å². The summed E-state index contributed by atoms with van der Waals surface area (Å²) in [5.41, 5.74) is 1.09. The number of hydrogen-bond acceptors (Lipinski definition) is 5. The highest BCUT2D eigenvalue weighted by molar-refractivity contribution is 7.98. The zero-order valence-corrected chi connectivity index (χ0v) is 12.5. The first-order valence-corrected chi connectivity index (χ1v) is 7.39. The number of ether oxygens (including phenoxy) is 1. The van der Waals surface area contributed by atoms with Gasteiger partial charge in [0.1, 0.15) is 6.54 Å². The standard InChI is InChI=1S/C14H15N3O3S/c1-20-13(18)9-17-8-11(7-15-17)16-14(19)10-3-5-12(21-2)6-4-10/h3-8H,9H2,1-2H3,(H,16,19). The summed E-state index contributed by atoms with van der Waals surface area (Å²) in [6.45, 7) is 0.00872. The molecular formula is C14H15N3O3S. The highest BCUT2D eigenvalue weighted by Crippen LogP contribution is 2.16. The molecule has 0 fully saturated rings. The molecule has 1 amide bonds. The second-order valence-corrected chi connectivity index (χ2v) is 5.07. The Morgan fingerprint density at radius 1 is 1.33 bits per heavy atom. The van der Waals surface area contributed by atoms with Crippen molar-refractivity contribution in [2.75, 3.05) is 18.7 Å². The van der Waals surface area contributed by atoms with Gasteiger partial charge in [-0.05, 0) is 30.5 Å². The molecule has 0 radical (unpaired) electrons. The lowest BCUT2D eigenvalue weighted by molar-refractivity contribution is -0.141. The van der Waals surface area contributed by atoms with E-state index in [1.54, 1.807) is 30.1 Å². The van der Waals surface area contributed by atoms with Gasteiger partial charge in [-0.2, -0.15) is 5.10 Å². The molecule has 2 rings (SSSR count). The number of methoxy groups -OCH3 is 1. The Morgan fingerprint density at radius 3 is 2.67 bits per heavy atom. The summed E-state index contributed by atoms with van der Waals surface area (Å²) >= 11 is 1.62. The molecule has 0 atom stereocenters. The molecule has 6 nitrogen and oxygen atoms in total. The number of rotatable bonds is 5. The zero-order chi connectivity index (χ0) is 15.2. The minimum atomic E-state index is -0.399. The smallest absolute Gasteiger partial charge is 0.327 e. The molecule has 7 heteroatoms. The normalized spacial score (nSPS) is 10.2. The Hall–Kier alpha value is -2.28. The SMILES string of the molecule is COC(=O)Cn1cc(NC(=O)c2ccc(SC)cc2)cn1. The third-order valence-corrected chi connectivity index (χ3v) is 3.51. The van der Waals surface area contributed by atoms with Gasteiger partial charge in [-0.25, -0.2) is 0 Å². The van der Waals surface area contributed by atoms with Crippen LogP contribution in [0.2, 0.25) is 0 Å². The molecule has 0 aliphatic rings. The number of nitrogens with one attached hydrogen (secondary N) is 1. The predicted molar refractivity (Wildman–Crippen MR) is 80.4 cm³/mol. The number of thioether (sulfide) groups is 1. The number of benzene rings is 1. The Labute approximate surface area is 126 Å². The number of anilines is 1. The van der Waals surface area contributed by atoms with Crippen molar-refractivity contribution in [3.05, 3.63) is 42.2 Å². The summed E-state index contributed by atoms with van der Waals surface area (Å²) in [7, 11) is 1.31. The molecule has 0 unspecified atom stereocenters. The molecular weight excluding hydrogens is 290 g/mol. The molecule has 1 aromatic carbocycles. The van der Waals surface area contributed by atoms with Crippen LogP contribution < -0.4 is 5.32 Å². The molecule has 0 bridgehead atoms. The Balaban J connectivity index is 2.00. The fourth-order valence-corrected chi connectivity index (χ4v) is 2.07. The van der Waals surface area contributed by atoms with Gasteiger partial charge in [0.25, 0.3) is 5.91 Å². The number of aromatic nitrogens is 2. The van der Waals surface area contributed by atoms with E-state index >= 15 is 0 Å². The Morgan fingerprint density at radius 2 is 2.05 bits per heavy atom. The van der Waals surface area contributed by atoms with Crippen LogP contribution in [-0.4, -0.2) is 35.0 Å². The van der Waals surface area contributed by atoms with Crippen molar-refractivity contribution >= 4 is 29.3 Å². The summed E-state index contributed by atoms with van der Waals surface area (Å²) in [6, 6.07) is 7.31. The van der Waals surface area contributed by atoms with Gasteiger partial charge in [-0.1, -0.05) is 0 Å². The maximum absolute atomic E-state index is 12.1. The molecule has 0 aliphatic carbocycles. The van der Waals surface area contributed by atoms with Gasteiger partial charge in [-0.3, -0.25) is 14.3 Å². The van der Waals surface area contributed by atoms with Crippen LogP contribution in [0.15, 0.2) is 41.6 Å². The van der Waals surface area contributed by atoms with Crippen molar-refractivity contribution in [1.82, 2.24) is 9.78 Å². The first-order chi connectivity index (χ1) is 10.1. The van der Waals surface area contributed by atoms with E-state index < -0.39 is 5.97 Å². The van der Waals surface area contributed by atoms with Crippen molar-refractivity contribution < 1.29 is 14.3 Å². The quantitative estimate of drug-likeness (QED) is 0.676. The minimum absolute atomic E-state index is 0.00872. The molecule has 1 N–H and O–H groups in total. The number of hydrogen-bond donors (Lipinski definition) is 1. The zero-order valence-electron chi connectivity index (χ0n) is 11.7. The minimum Gasteiger partial charge on any atom is -0.468 e. The highest BCUT2D eigenvalue weighted by atomic mass is 32.2. The second-order valence-electron chi connectivity index (χ2n) is 4.19. The first-order valence-electron chi connectivity index (χ1n) is 6.17. The maximum atomic E-state index is 12.1. The average Bonchev–Trinajstić information content (AvgIpc) is 2.94. The van der Waals surface area contributed by atoms with Crippen LogP contribution in [0.4, 0.5) is 5.69 Å². The van der Waals surface area contributed by atoms with Crippen LogP contribution in [0.25, 0.3) is 0 Å². The second kappa shape index (κ2) is 6.94. The van der Waals surface area contributed by atoms with E-state index in [-0.39, 0.29) is 12.5 Å². The maximum Gasteiger partial charge on any atom is 0.327 e. The van der Waals surface area contributed by atoms with Gasteiger partial charge >= 0.3 is 5.97 Å². The number of amides is 1. The molecule has 0 saturated carbocycles. The van der Waals surface area contributed by atoms with Gasteiger partial charge in [0.05, 0.1) is 19.0 Å². The van der Waals surface area contributed by atoms with Crippen molar-refractivity contribution in [2.45, 2.75) is 11.4 Å². The number of nitrogens with zero attached hydrogens (tertiary/aromatic N) is 2. The number of esters is 1. The molecule has 110 valence electrons. The van der Waals surface area contributed by atoms with Gasteiger partial charge in [0, 0.05) is 16.7 Å². The lowest BCUT2D eigenvalue weighted by Crippen LogP contribution is -2.12. The lowest BCUT2D eigenvalue weighted by Gasteiger charge is -2.03. The van der Waals surface area contributed by atoms with E-state index in [1.165, 1.54) is 18.0 Å². The monoisotopic (exact) mass is 305 g/mol.